The minimum atomic E-state index is 0.228. The minimum Gasteiger partial charge on any atom is -0.466 e. The van der Waals surface area contributed by atoms with Crippen LogP contribution in [0.15, 0.2) is 22.9 Å². The van der Waals surface area contributed by atoms with Gasteiger partial charge in [-0.1, -0.05) is 0 Å². The monoisotopic (exact) mass is 316 g/mol. The van der Waals surface area contributed by atoms with Crippen LogP contribution in [-0.2, 0) is 11.3 Å². The van der Waals surface area contributed by atoms with Crippen LogP contribution in [0.5, 0.6) is 0 Å². The molecule has 0 spiro atoms. The molecule has 1 aliphatic heterocycles. The zero-order chi connectivity index (χ0) is 16.2. The summed E-state index contributed by atoms with van der Waals surface area (Å²) >= 11 is 0. The lowest BCUT2D eigenvalue weighted by Crippen LogP contribution is -2.37. The lowest BCUT2D eigenvalue weighted by atomic mass is 10.1. The van der Waals surface area contributed by atoms with Gasteiger partial charge in [0.2, 0.25) is 5.95 Å². The average Bonchev–Trinajstić information content (AvgIpc) is 2.92. The number of ether oxygens (including phenoxy) is 1. The summed E-state index contributed by atoms with van der Waals surface area (Å²) in [4.78, 5) is 11.1. The van der Waals surface area contributed by atoms with Crippen molar-refractivity contribution in [3.8, 4) is 0 Å². The molecule has 0 saturated carbocycles. The van der Waals surface area contributed by atoms with Crippen molar-refractivity contribution in [1.82, 2.24) is 15.3 Å². The van der Waals surface area contributed by atoms with Crippen LogP contribution in [0.3, 0.4) is 0 Å². The SMILES string of the molecule is Cc1cc(C(C)NCc2cnc(N3CCOCC3)nc2)c(C)o1. The van der Waals surface area contributed by atoms with E-state index in [0.29, 0.717) is 0 Å². The number of hydrogen-bond donors (Lipinski definition) is 1. The third-order valence-corrected chi connectivity index (χ3v) is 4.14. The molecule has 1 unspecified atom stereocenters. The maximum atomic E-state index is 5.59. The van der Waals surface area contributed by atoms with Gasteiger partial charge >= 0.3 is 0 Å². The van der Waals surface area contributed by atoms with E-state index in [-0.39, 0.29) is 6.04 Å². The molecule has 2 aromatic heterocycles. The average molecular weight is 316 g/mol. The maximum absolute atomic E-state index is 5.59. The van der Waals surface area contributed by atoms with E-state index in [4.69, 9.17) is 9.15 Å². The van der Waals surface area contributed by atoms with Gasteiger partial charge in [-0.15, -0.1) is 0 Å². The standard InChI is InChI=1S/C17H24N4O2/c1-12-8-16(14(3)23-12)13(2)18-9-15-10-19-17(20-11-15)21-4-6-22-7-5-21/h8,10-11,13,18H,4-7,9H2,1-3H3. The molecule has 2 aromatic rings. The highest BCUT2D eigenvalue weighted by molar-refractivity contribution is 5.30. The highest BCUT2D eigenvalue weighted by atomic mass is 16.5. The van der Waals surface area contributed by atoms with Crippen molar-refractivity contribution >= 4 is 5.95 Å². The molecule has 1 N–H and O–H groups in total. The number of nitrogens with one attached hydrogen (secondary N) is 1. The summed E-state index contributed by atoms with van der Waals surface area (Å²) in [5.74, 6) is 2.71. The Morgan fingerprint density at radius 3 is 2.52 bits per heavy atom. The lowest BCUT2D eigenvalue weighted by Gasteiger charge is -2.26. The second-order valence-electron chi connectivity index (χ2n) is 5.96. The molecule has 23 heavy (non-hydrogen) atoms. The van der Waals surface area contributed by atoms with Crippen molar-refractivity contribution in [2.45, 2.75) is 33.4 Å². The highest BCUT2D eigenvalue weighted by Gasteiger charge is 2.14. The van der Waals surface area contributed by atoms with E-state index in [1.165, 1.54) is 5.56 Å². The van der Waals surface area contributed by atoms with Crippen LogP contribution < -0.4 is 10.2 Å². The highest BCUT2D eigenvalue weighted by Crippen LogP contribution is 2.21. The number of aryl methyl sites for hydroxylation is 2. The Morgan fingerprint density at radius 2 is 1.91 bits per heavy atom. The van der Waals surface area contributed by atoms with E-state index in [1.54, 1.807) is 0 Å². The van der Waals surface area contributed by atoms with Crippen LogP contribution in [0.25, 0.3) is 0 Å². The number of aromatic nitrogens is 2. The van der Waals surface area contributed by atoms with Crippen molar-refractivity contribution in [2.75, 3.05) is 31.2 Å². The fourth-order valence-corrected chi connectivity index (χ4v) is 2.83. The lowest BCUT2D eigenvalue weighted by molar-refractivity contribution is 0.122. The van der Waals surface area contributed by atoms with E-state index < -0.39 is 0 Å². The number of rotatable bonds is 5. The van der Waals surface area contributed by atoms with Crippen molar-refractivity contribution < 1.29 is 9.15 Å². The van der Waals surface area contributed by atoms with Crippen molar-refractivity contribution in [3.05, 3.63) is 41.1 Å². The molecule has 0 aliphatic carbocycles. The molecule has 3 heterocycles. The Balaban J connectivity index is 1.57. The van der Waals surface area contributed by atoms with Gasteiger partial charge in [0, 0.05) is 49.2 Å². The Kier molecular flexibility index (Phi) is 4.93. The molecule has 124 valence electrons. The number of anilines is 1. The van der Waals surface area contributed by atoms with Gasteiger partial charge in [0.25, 0.3) is 0 Å². The van der Waals surface area contributed by atoms with Gasteiger partial charge in [0.1, 0.15) is 11.5 Å². The third kappa shape index (κ3) is 3.89. The zero-order valence-electron chi connectivity index (χ0n) is 14.0. The zero-order valence-corrected chi connectivity index (χ0v) is 14.0. The van der Waals surface area contributed by atoms with Crippen molar-refractivity contribution in [2.24, 2.45) is 0 Å². The van der Waals surface area contributed by atoms with Crippen molar-refractivity contribution in [1.29, 1.82) is 0 Å². The van der Waals surface area contributed by atoms with Gasteiger partial charge in [0.05, 0.1) is 13.2 Å². The minimum absolute atomic E-state index is 0.228. The maximum Gasteiger partial charge on any atom is 0.225 e. The summed E-state index contributed by atoms with van der Waals surface area (Å²) in [5, 5.41) is 3.49. The molecule has 1 saturated heterocycles. The molecule has 0 bridgehead atoms. The fraction of sp³-hybridized carbons (Fsp3) is 0.529. The molecule has 0 amide bonds. The molecule has 3 rings (SSSR count). The Morgan fingerprint density at radius 1 is 1.22 bits per heavy atom. The van der Waals surface area contributed by atoms with Gasteiger partial charge in [-0.25, -0.2) is 9.97 Å². The van der Waals surface area contributed by atoms with Crippen LogP contribution in [0.4, 0.5) is 5.95 Å². The van der Waals surface area contributed by atoms with E-state index in [0.717, 1.165) is 55.9 Å². The predicted octanol–water partition coefficient (Wildman–Crippen LogP) is 2.37. The van der Waals surface area contributed by atoms with Crippen LogP contribution in [-0.4, -0.2) is 36.3 Å². The van der Waals surface area contributed by atoms with E-state index in [1.807, 2.05) is 26.2 Å². The Labute approximate surface area is 136 Å². The fourth-order valence-electron chi connectivity index (χ4n) is 2.83. The van der Waals surface area contributed by atoms with Gasteiger partial charge in [-0.05, 0) is 26.8 Å². The first-order valence-corrected chi connectivity index (χ1v) is 8.07. The first kappa shape index (κ1) is 16.0. The summed E-state index contributed by atoms with van der Waals surface area (Å²) in [6.45, 7) is 10.0. The first-order chi connectivity index (χ1) is 11.1. The Hall–Kier alpha value is -1.92. The van der Waals surface area contributed by atoms with E-state index in [2.05, 4.69) is 33.2 Å². The van der Waals surface area contributed by atoms with Gasteiger partial charge in [-0.2, -0.15) is 0 Å². The van der Waals surface area contributed by atoms with Crippen molar-refractivity contribution in [3.63, 3.8) is 0 Å². The molecule has 0 radical (unpaired) electrons. The summed E-state index contributed by atoms with van der Waals surface area (Å²) in [7, 11) is 0. The smallest absolute Gasteiger partial charge is 0.225 e. The van der Waals surface area contributed by atoms with Crippen LogP contribution in [0, 0.1) is 13.8 Å². The molecule has 1 atom stereocenters. The molecule has 6 nitrogen and oxygen atoms in total. The number of nitrogens with zero attached hydrogens (tertiary/aromatic N) is 3. The largest absolute Gasteiger partial charge is 0.466 e. The molecule has 6 heteroatoms. The number of furan rings is 1. The molecular formula is C17H24N4O2. The van der Waals surface area contributed by atoms with E-state index in [9.17, 15) is 0 Å². The normalized spacial score (nSPS) is 16.6. The summed E-state index contributed by atoms with van der Waals surface area (Å²) in [6.07, 6.45) is 3.79. The van der Waals surface area contributed by atoms with Crippen LogP contribution in [0.1, 0.15) is 35.6 Å². The van der Waals surface area contributed by atoms with Crippen LogP contribution in [0.2, 0.25) is 0 Å². The third-order valence-electron chi connectivity index (χ3n) is 4.14. The molecule has 1 aliphatic rings. The predicted molar refractivity (Wildman–Crippen MR) is 88.5 cm³/mol. The second-order valence-corrected chi connectivity index (χ2v) is 5.96. The Bertz CT molecular complexity index is 633. The van der Waals surface area contributed by atoms with Gasteiger partial charge < -0.3 is 19.4 Å². The topological polar surface area (TPSA) is 63.4 Å². The second kappa shape index (κ2) is 7.10. The van der Waals surface area contributed by atoms with E-state index >= 15 is 0 Å². The molecular weight excluding hydrogens is 292 g/mol. The van der Waals surface area contributed by atoms with Crippen LogP contribution >= 0.6 is 0 Å². The number of hydrogen-bond acceptors (Lipinski definition) is 6. The summed E-state index contributed by atoms with van der Waals surface area (Å²) < 4.78 is 10.9. The molecule has 0 aromatic carbocycles. The quantitative estimate of drug-likeness (QED) is 0.914. The molecule has 1 fully saturated rings. The summed E-state index contributed by atoms with van der Waals surface area (Å²) in [6, 6.07) is 2.32. The summed E-state index contributed by atoms with van der Waals surface area (Å²) in [5.41, 5.74) is 2.28. The first-order valence-electron chi connectivity index (χ1n) is 8.07. The van der Waals surface area contributed by atoms with Gasteiger partial charge in [-0.3, -0.25) is 0 Å². The number of morpholine rings is 1. The van der Waals surface area contributed by atoms with Gasteiger partial charge in [0.15, 0.2) is 0 Å².